The molecule has 1 saturated heterocycles. The van der Waals surface area contributed by atoms with Gasteiger partial charge in [-0.05, 0) is 33.2 Å². The molecule has 1 unspecified atom stereocenters. The molecule has 1 fully saturated rings. The summed E-state index contributed by atoms with van der Waals surface area (Å²) in [5.41, 5.74) is 0.0549. The van der Waals surface area contributed by atoms with Crippen molar-refractivity contribution in [1.29, 1.82) is 5.26 Å². The van der Waals surface area contributed by atoms with Crippen LogP contribution in [-0.2, 0) is 4.74 Å². The molecule has 1 rings (SSSR count). The van der Waals surface area contributed by atoms with Crippen LogP contribution in [0.4, 0.5) is 0 Å². The molecule has 0 N–H and O–H groups in total. The van der Waals surface area contributed by atoms with Crippen molar-refractivity contribution in [3.63, 3.8) is 0 Å². The third-order valence-corrected chi connectivity index (χ3v) is 3.00. The van der Waals surface area contributed by atoms with Gasteiger partial charge in [-0.2, -0.15) is 5.26 Å². The van der Waals surface area contributed by atoms with Gasteiger partial charge in [0.2, 0.25) is 0 Å². The fraction of sp³-hybridized carbons (Fsp3) is 0.917. The van der Waals surface area contributed by atoms with Gasteiger partial charge in [-0.25, -0.2) is 0 Å². The van der Waals surface area contributed by atoms with E-state index in [4.69, 9.17) is 10.00 Å². The van der Waals surface area contributed by atoms with E-state index in [1.54, 1.807) is 0 Å². The average molecular weight is 210 g/mol. The summed E-state index contributed by atoms with van der Waals surface area (Å²) < 4.78 is 5.94. The Kier molecular flexibility index (Phi) is 4.56. The van der Waals surface area contributed by atoms with E-state index in [1.807, 2.05) is 0 Å². The maximum atomic E-state index is 8.55. The standard InChI is InChI=1S/C12H22N2O/c1-4-14(9-5-8-13)10-11-6-7-12(2,3)15-11/h11H,4-7,9-10H2,1-3H3. The zero-order valence-corrected chi connectivity index (χ0v) is 10.1. The van der Waals surface area contributed by atoms with E-state index in [1.165, 1.54) is 0 Å². The monoisotopic (exact) mass is 210 g/mol. The highest BCUT2D eigenvalue weighted by molar-refractivity contribution is 4.83. The van der Waals surface area contributed by atoms with E-state index in [0.29, 0.717) is 12.5 Å². The second-order valence-corrected chi connectivity index (χ2v) is 4.84. The molecular formula is C12H22N2O. The lowest BCUT2D eigenvalue weighted by molar-refractivity contribution is -0.0279. The Bertz CT molecular complexity index is 232. The lowest BCUT2D eigenvalue weighted by atomic mass is 10.1. The molecule has 0 aromatic carbocycles. The third kappa shape index (κ3) is 4.19. The first-order valence-electron chi connectivity index (χ1n) is 5.84. The highest BCUT2D eigenvalue weighted by Gasteiger charge is 2.32. The molecule has 0 aromatic heterocycles. The number of hydrogen-bond donors (Lipinski definition) is 0. The summed E-state index contributed by atoms with van der Waals surface area (Å²) in [5.74, 6) is 0. The zero-order valence-electron chi connectivity index (χ0n) is 10.1. The minimum absolute atomic E-state index is 0.0549. The summed E-state index contributed by atoms with van der Waals surface area (Å²) in [6, 6.07) is 2.19. The van der Waals surface area contributed by atoms with Crippen LogP contribution in [0.15, 0.2) is 0 Å². The molecule has 0 bridgehead atoms. The maximum absolute atomic E-state index is 8.55. The number of hydrogen-bond acceptors (Lipinski definition) is 3. The molecule has 0 saturated carbocycles. The van der Waals surface area contributed by atoms with Crippen molar-refractivity contribution in [3.05, 3.63) is 0 Å². The van der Waals surface area contributed by atoms with Crippen LogP contribution in [0.5, 0.6) is 0 Å². The first kappa shape index (κ1) is 12.5. The van der Waals surface area contributed by atoms with Crippen LogP contribution in [0, 0.1) is 11.3 Å². The highest BCUT2D eigenvalue weighted by atomic mass is 16.5. The molecule has 1 heterocycles. The minimum Gasteiger partial charge on any atom is -0.371 e. The smallest absolute Gasteiger partial charge is 0.0710 e. The van der Waals surface area contributed by atoms with Crippen molar-refractivity contribution in [3.8, 4) is 6.07 Å². The van der Waals surface area contributed by atoms with Crippen molar-refractivity contribution < 1.29 is 4.74 Å². The summed E-state index contributed by atoms with van der Waals surface area (Å²) in [6.07, 6.45) is 3.27. The van der Waals surface area contributed by atoms with E-state index >= 15 is 0 Å². The van der Waals surface area contributed by atoms with Gasteiger partial charge in [-0.3, -0.25) is 0 Å². The molecule has 0 aliphatic carbocycles. The minimum atomic E-state index is 0.0549. The van der Waals surface area contributed by atoms with Gasteiger partial charge in [0.05, 0.1) is 17.8 Å². The van der Waals surface area contributed by atoms with Gasteiger partial charge in [0.15, 0.2) is 0 Å². The molecule has 0 aromatic rings. The van der Waals surface area contributed by atoms with Crippen LogP contribution in [-0.4, -0.2) is 36.2 Å². The van der Waals surface area contributed by atoms with Gasteiger partial charge in [0.1, 0.15) is 0 Å². The fourth-order valence-corrected chi connectivity index (χ4v) is 2.08. The second kappa shape index (κ2) is 5.48. The number of likely N-dealkylation sites (N-methyl/N-ethyl adjacent to an activating group) is 1. The molecule has 1 aliphatic heterocycles. The van der Waals surface area contributed by atoms with Crippen molar-refractivity contribution in [2.24, 2.45) is 0 Å². The van der Waals surface area contributed by atoms with E-state index in [2.05, 4.69) is 31.7 Å². The van der Waals surface area contributed by atoms with E-state index in [0.717, 1.165) is 32.5 Å². The largest absolute Gasteiger partial charge is 0.371 e. The molecule has 0 amide bonds. The van der Waals surface area contributed by atoms with E-state index in [-0.39, 0.29) is 5.60 Å². The van der Waals surface area contributed by atoms with Crippen LogP contribution >= 0.6 is 0 Å². The Morgan fingerprint density at radius 1 is 1.53 bits per heavy atom. The highest BCUT2D eigenvalue weighted by Crippen LogP contribution is 2.29. The van der Waals surface area contributed by atoms with Gasteiger partial charge in [0.25, 0.3) is 0 Å². The van der Waals surface area contributed by atoms with Crippen LogP contribution in [0.25, 0.3) is 0 Å². The summed E-state index contributed by atoms with van der Waals surface area (Å²) in [4.78, 5) is 2.30. The molecule has 86 valence electrons. The number of ether oxygens (including phenoxy) is 1. The van der Waals surface area contributed by atoms with Gasteiger partial charge in [-0.1, -0.05) is 6.92 Å². The SMILES string of the molecule is CCN(CCC#N)CC1CCC(C)(C)O1. The van der Waals surface area contributed by atoms with Crippen molar-refractivity contribution >= 4 is 0 Å². The Labute approximate surface area is 93.0 Å². The van der Waals surface area contributed by atoms with Crippen LogP contribution in [0.1, 0.15) is 40.0 Å². The van der Waals surface area contributed by atoms with Crippen LogP contribution in [0.3, 0.4) is 0 Å². The van der Waals surface area contributed by atoms with E-state index < -0.39 is 0 Å². The molecule has 1 aliphatic rings. The maximum Gasteiger partial charge on any atom is 0.0710 e. The number of nitriles is 1. The summed E-state index contributed by atoms with van der Waals surface area (Å²) in [7, 11) is 0. The van der Waals surface area contributed by atoms with Crippen LogP contribution < -0.4 is 0 Å². The molecule has 1 atom stereocenters. The topological polar surface area (TPSA) is 36.3 Å². The van der Waals surface area contributed by atoms with Crippen molar-refractivity contribution in [2.75, 3.05) is 19.6 Å². The first-order chi connectivity index (χ1) is 7.07. The average Bonchev–Trinajstić information content (AvgIpc) is 2.52. The summed E-state index contributed by atoms with van der Waals surface area (Å²) >= 11 is 0. The fourth-order valence-electron chi connectivity index (χ4n) is 2.08. The normalized spacial score (nSPS) is 24.3. The Morgan fingerprint density at radius 2 is 2.27 bits per heavy atom. The molecule has 3 heteroatoms. The predicted octanol–water partition coefficient (Wildman–Crippen LogP) is 2.18. The molecule has 15 heavy (non-hydrogen) atoms. The van der Waals surface area contributed by atoms with Gasteiger partial charge in [0, 0.05) is 19.5 Å². The lowest BCUT2D eigenvalue weighted by Crippen LogP contribution is -2.34. The van der Waals surface area contributed by atoms with Gasteiger partial charge < -0.3 is 9.64 Å². The molecule has 0 spiro atoms. The Morgan fingerprint density at radius 3 is 2.73 bits per heavy atom. The summed E-state index contributed by atoms with van der Waals surface area (Å²) in [6.45, 7) is 9.28. The number of rotatable bonds is 5. The van der Waals surface area contributed by atoms with Gasteiger partial charge in [-0.15, -0.1) is 0 Å². The first-order valence-corrected chi connectivity index (χ1v) is 5.84. The molecule has 3 nitrogen and oxygen atoms in total. The quantitative estimate of drug-likeness (QED) is 0.698. The number of nitrogens with zero attached hydrogens (tertiary/aromatic N) is 2. The second-order valence-electron chi connectivity index (χ2n) is 4.84. The lowest BCUT2D eigenvalue weighted by Gasteiger charge is -2.25. The molecule has 0 radical (unpaired) electrons. The third-order valence-electron chi connectivity index (χ3n) is 3.00. The summed E-state index contributed by atoms with van der Waals surface area (Å²) in [5, 5.41) is 8.55. The predicted molar refractivity (Wildman–Crippen MR) is 60.5 cm³/mol. The van der Waals surface area contributed by atoms with Gasteiger partial charge >= 0.3 is 0 Å². The Balaban J connectivity index is 2.31. The van der Waals surface area contributed by atoms with Crippen LogP contribution in [0.2, 0.25) is 0 Å². The van der Waals surface area contributed by atoms with Crippen molar-refractivity contribution in [2.45, 2.75) is 51.7 Å². The van der Waals surface area contributed by atoms with Crippen molar-refractivity contribution in [1.82, 2.24) is 4.90 Å². The van der Waals surface area contributed by atoms with E-state index in [9.17, 15) is 0 Å². The zero-order chi connectivity index (χ0) is 11.3. The Hall–Kier alpha value is -0.590. The molecular weight excluding hydrogens is 188 g/mol.